The lowest BCUT2D eigenvalue weighted by Gasteiger charge is -2.23. The summed E-state index contributed by atoms with van der Waals surface area (Å²) in [6.45, 7) is 6.19. The average molecular weight is 404 g/mol. The van der Waals surface area contributed by atoms with Crippen molar-refractivity contribution < 1.29 is 24.4 Å². The van der Waals surface area contributed by atoms with Gasteiger partial charge in [0.2, 0.25) is 0 Å². The van der Waals surface area contributed by atoms with Crippen LogP contribution in [0.4, 0.5) is 0 Å². The minimum Gasteiger partial charge on any atom is -0.387 e. The Morgan fingerprint density at radius 3 is 1.74 bits per heavy atom. The highest BCUT2D eigenvalue weighted by Gasteiger charge is 2.20. The molecule has 9 heteroatoms. The monoisotopic (exact) mass is 403 g/mol. The van der Waals surface area contributed by atoms with E-state index >= 15 is 0 Å². The van der Waals surface area contributed by atoms with Gasteiger partial charge in [0.15, 0.2) is 0 Å². The largest absolute Gasteiger partial charge is 0.387 e. The number of hydroxylamine groups is 4. The third-order valence-electron chi connectivity index (χ3n) is 3.17. The fraction of sp³-hybridized carbons (Fsp3) is 0.556. The van der Waals surface area contributed by atoms with Gasteiger partial charge in [-0.05, 0) is 44.5 Å². The van der Waals surface area contributed by atoms with Crippen LogP contribution in [0.1, 0.15) is 53.2 Å². The lowest BCUT2D eigenvalue weighted by molar-refractivity contribution is -0.0716. The lowest BCUT2D eigenvalue weighted by atomic mass is 10.0. The quantitative estimate of drug-likeness (QED) is 0.666. The second-order valence-corrected chi connectivity index (χ2v) is 7.37. The number of aliphatic hydroxyl groups excluding tert-OH is 1. The van der Waals surface area contributed by atoms with Crippen molar-refractivity contribution in [2.24, 2.45) is 0 Å². The first-order valence-electron chi connectivity index (χ1n) is 8.26. The standard InChI is InChI=1S/C18H29N3O5.ClH/c1-18(2,3)19-11-15(22)12-8-13(16(23)25-20(4)5)10-14(9-12)17(24)26-21(6)7;/h8-10,15,19,22H,11H2,1-7H3;1H. The van der Waals surface area contributed by atoms with Crippen LogP contribution in [0.25, 0.3) is 0 Å². The Balaban J connectivity index is 0.00000676. The molecule has 0 spiro atoms. The molecule has 8 nitrogen and oxygen atoms in total. The number of nitrogens with zero attached hydrogens (tertiary/aromatic N) is 2. The molecule has 1 unspecified atom stereocenters. The lowest BCUT2D eigenvalue weighted by Crippen LogP contribution is -2.38. The molecule has 0 aliphatic carbocycles. The van der Waals surface area contributed by atoms with E-state index in [1.165, 1.54) is 28.3 Å². The smallest absolute Gasteiger partial charge is 0.357 e. The molecule has 0 fully saturated rings. The summed E-state index contributed by atoms with van der Waals surface area (Å²) in [5.41, 5.74) is 0.531. The van der Waals surface area contributed by atoms with E-state index in [2.05, 4.69) is 5.32 Å². The summed E-state index contributed by atoms with van der Waals surface area (Å²) < 4.78 is 0. The maximum Gasteiger partial charge on any atom is 0.357 e. The molecule has 0 saturated heterocycles. The van der Waals surface area contributed by atoms with Gasteiger partial charge in [0.25, 0.3) is 0 Å². The van der Waals surface area contributed by atoms with Crippen LogP contribution in [0.3, 0.4) is 0 Å². The second kappa shape index (κ2) is 10.6. The van der Waals surface area contributed by atoms with E-state index in [1.54, 1.807) is 28.2 Å². The summed E-state index contributed by atoms with van der Waals surface area (Å²) in [4.78, 5) is 34.5. The van der Waals surface area contributed by atoms with Crippen molar-refractivity contribution in [2.45, 2.75) is 32.4 Å². The van der Waals surface area contributed by atoms with E-state index in [0.717, 1.165) is 0 Å². The number of benzene rings is 1. The Labute approximate surface area is 166 Å². The number of carbonyl (C=O) groups excluding carboxylic acids is 2. The van der Waals surface area contributed by atoms with Crippen LogP contribution in [0.15, 0.2) is 18.2 Å². The molecule has 0 bridgehead atoms. The Kier molecular flexibility index (Phi) is 9.91. The van der Waals surface area contributed by atoms with Crippen LogP contribution in [0.5, 0.6) is 0 Å². The molecule has 154 valence electrons. The number of aliphatic hydroxyl groups is 1. The van der Waals surface area contributed by atoms with Gasteiger partial charge in [-0.2, -0.15) is 0 Å². The fourth-order valence-corrected chi connectivity index (χ4v) is 2.04. The summed E-state index contributed by atoms with van der Waals surface area (Å²) in [5, 5.41) is 16.2. The van der Waals surface area contributed by atoms with Crippen LogP contribution in [0.2, 0.25) is 0 Å². The van der Waals surface area contributed by atoms with Crippen molar-refractivity contribution in [3.05, 3.63) is 34.9 Å². The molecular weight excluding hydrogens is 374 g/mol. The van der Waals surface area contributed by atoms with Gasteiger partial charge in [0.05, 0.1) is 17.2 Å². The van der Waals surface area contributed by atoms with Gasteiger partial charge in [-0.25, -0.2) is 9.59 Å². The zero-order valence-electron chi connectivity index (χ0n) is 16.9. The van der Waals surface area contributed by atoms with Crippen molar-refractivity contribution in [1.82, 2.24) is 15.4 Å². The predicted octanol–water partition coefficient (Wildman–Crippen LogP) is 1.80. The van der Waals surface area contributed by atoms with E-state index in [0.29, 0.717) is 5.56 Å². The highest BCUT2D eigenvalue weighted by molar-refractivity contribution is 5.95. The van der Waals surface area contributed by atoms with Crippen molar-refractivity contribution in [1.29, 1.82) is 0 Å². The normalized spacial score (nSPS) is 12.5. The van der Waals surface area contributed by atoms with Crippen LogP contribution >= 0.6 is 12.4 Å². The second-order valence-electron chi connectivity index (χ2n) is 7.37. The molecule has 27 heavy (non-hydrogen) atoms. The SMILES string of the molecule is CN(C)OC(=O)c1cc(C(=O)ON(C)C)cc(C(O)CNC(C)(C)C)c1.Cl. The van der Waals surface area contributed by atoms with Crippen molar-refractivity contribution >= 4 is 24.3 Å². The molecule has 0 aliphatic heterocycles. The average Bonchev–Trinajstić information content (AvgIpc) is 2.50. The first kappa shape index (κ1) is 25.3. The van der Waals surface area contributed by atoms with Gasteiger partial charge in [-0.3, -0.25) is 0 Å². The number of rotatable bonds is 7. The molecule has 0 aromatic heterocycles. The first-order valence-corrected chi connectivity index (χ1v) is 8.26. The van der Waals surface area contributed by atoms with E-state index in [9.17, 15) is 14.7 Å². The molecule has 0 radical (unpaired) electrons. The zero-order valence-corrected chi connectivity index (χ0v) is 17.7. The minimum absolute atomic E-state index is 0. The van der Waals surface area contributed by atoms with Gasteiger partial charge in [-0.15, -0.1) is 22.5 Å². The maximum atomic E-state index is 12.2. The van der Waals surface area contributed by atoms with Gasteiger partial charge >= 0.3 is 11.9 Å². The first-order chi connectivity index (χ1) is 11.9. The molecule has 1 aromatic rings. The molecule has 0 aliphatic rings. The summed E-state index contributed by atoms with van der Waals surface area (Å²) >= 11 is 0. The topological polar surface area (TPSA) is 91.3 Å². The highest BCUT2D eigenvalue weighted by atomic mass is 35.5. The summed E-state index contributed by atoms with van der Waals surface area (Å²) in [7, 11) is 6.30. The summed E-state index contributed by atoms with van der Waals surface area (Å²) in [6.07, 6.45) is -0.910. The molecule has 1 rings (SSSR count). The summed E-state index contributed by atoms with van der Waals surface area (Å²) in [5.74, 6) is -1.27. The van der Waals surface area contributed by atoms with Crippen molar-refractivity contribution in [3.63, 3.8) is 0 Å². The molecule has 0 amide bonds. The predicted molar refractivity (Wildman–Crippen MR) is 105 cm³/mol. The Morgan fingerprint density at radius 1 is 1.00 bits per heavy atom. The summed E-state index contributed by atoms with van der Waals surface area (Å²) in [6, 6.07) is 4.39. The number of hydrogen-bond donors (Lipinski definition) is 2. The van der Waals surface area contributed by atoms with E-state index in [-0.39, 0.29) is 35.6 Å². The fourth-order valence-electron chi connectivity index (χ4n) is 2.04. The van der Waals surface area contributed by atoms with Gasteiger partial charge in [0.1, 0.15) is 0 Å². The molecule has 0 heterocycles. The van der Waals surface area contributed by atoms with Gasteiger partial charge in [-0.1, -0.05) is 0 Å². The maximum absolute atomic E-state index is 12.2. The molecule has 2 N–H and O–H groups in total. The van der Waals surface area contributed by atoms with Crippen LogP contribution < -0.4 is 5.32 Å². The van der Waals surface area contributed by atoms with E-state index < -0.39 is 18.0 Å². The van der Waals surface area contributed by atoms with Gasteiger partial charge in [0, 0.05) is 40.3 Å². The molecule has 1 atom stereocenters. The van der Waals surface area contributed by atoms with Crippen LogP contribution in [0, 0.1) is 0 Å². The third-order valence-corrected chi connectivity index (χ3v) is 3.17. The number of nitrogens with one attached hydrogen (secondary N) is 1. The van der Waals surface area contributed by atoms with Crippen molar-refractivity contribution in [2.75, 3.05) is 34.7 Å². The Hall–Kier alpha value is -1.71. The number of β-amino-alcohol motifs (C(OH)–C–C–N with tert-alkyl or cyclic N) is 1. The van der Waals surface area contributed by atoms with Crippen LogP contribution in [-0.2, 0) is 9.68 Å². The third kappa shape index (κ3) is 9.16. The Bertz CT molecular complexity index is 604. The highest BCUT2D eigenvalue weighted by Crippen LogP contribution is 2.20. The van der Waals surface area contributed by atoms with Crippen molar-refractivity contribution in [3.8, 4) is 0 Å². The molecule has 0 saturated carbocycles. The van der Waals surface area contributed by atoms with Gasteiger partial charge < -0.3 is 20.1 Å². The molecular formula is C18H30ClN3O5. The van der Waals surface area contributed by atoms with Crippen LogP contribution in [-0.4, -0.2) is 67.4 Å². The Morgan fingerprint density at radius 2 is 1.41 bits per heavy atom. The minimum atomic E-state index is -0.910. The number of carbonyl (C=O) groups is 2. The van der Waals surface area contributed by atoms with E-state index in [1.807, 2.05) is 20.8 Å². The zero-order chi connectivity index (χ0) is 20.1. The molecule has 1 aromatic carbocycles. The number of halogens is 1. The van der Waals surface area contributed by atoms with E-state index in [4.69, 9.17) is 9.68 Å². The number of hydrogen-bond acceptors (Lipinski definition) is 8.